The van der Waals surface area contributed by atoms with E-state index >= 15 is 0 Å². The monoisotopic (exact) mass is 252 g/mol. The lowest BCUT2D eigenvalue weighted by Gasteiger charge is -2.23. The lowest BCUT2D eigenvalue weighted by Crippen LogP contribution is -2.46. The molecule has 0 aromatic heterocycles. The highest BCUT2D eigenvalue weighted by Gasteiger charge is 2.26. The van der Waals surface area contributed by atoms with Crippen molar-refractivity contribution >= 4 is 11.6 Å². The molecule has 0 saturated carbocycles. The van der Waals surface area contributed by atoms with Gasteiger partial charge in [0.05, 0.1) is 17.1 Å². The number of rotatable bonds is 4. The smallest absolute Gasteiger partial charge is 0.285 e. The van der Waals surface area contributed by atoms with E-state index in [0.717, 1.165) is 0 Å². The van der Waals surface area contributed by atoms with Crippen LogP contribution in [0.25, 0.3) is 0 Å². The summed E-state index contributed by atoms with van der Waals surface area (Å²) in [6.45, 7) is 4.59. The molecule has 0 atom stereocenters. The number of nitrogens with one attached hydrogen (secondary N) is 1. The Morgan fingerprint density at radius 2 is 2.11 bits per heavy atom. The molecular formula is C12H16N2O4. The van der Waals surface area contributed by atoms with Gasteiger partial charge in [-0.25, -0.2) is 0 Å². The fraction of sp³-hybridized carbons (Fsp3) is 0.417. The zero-order valence-corrected chi connectivity index (χ0v) is 10.6. The van der Waals surface area contributed by atoms with E-state index in [4.69, 9.17) is 5.11 Å². The number of hydrogen-bond donors (Lipinski definition) is 2. The maximum Gasteiger partial charge on any atom is 0.285 e. The molecule has 98 valence electrons. The number of amides is 1. The zero-order valence-electron chi connectivity index (χ0n) is 10.6. The third-order valence-electron chi connectivity index (χ3n) is 2.51. The number of aryl methyl sites for hydroxylation is 1. The average Bonchev–Trinajstić information content (AvgIpc) is 2.27. The molecule has 6 nitrogen and oxygen atoms in total. The Morgan fingerprint density at radius 1 is 1.50 bits per heavy atom. The van der Waals surface area contributed by atoms with Gasteiger partial charge in [-0.05, 0) is 26.8 Å². The van der Waals surface area contributed by atoms with Crippen molar-refractivity contribution in [2.45, 2.75) is 26.3 Å². The van der Waals surface area contributed by atoms with E-state index in [-0.39, 0.29) is 17.9 Å². The van der Waals surface area contributed by atoms with Gasteiger partial charge in [-0.3, -0.25) is 14.9 Å². The molecule has 0 bridgehead atoms. The van der Waals surface area contributed by atoms with Crippen LogP contribution in [0.2, 0.25) is 0 Å². The minimum Gasteiger partial charge on any atom is -0.394 e. The third kappa shape index (κ3) is 3.04. The van der Waals surface area contributed by atoms with Gasteiger partial charge in [0, 0.05) is 5.56 Å². The highest BCUT2D eigenvalue weighted by molar-refractivity contribution is 5.99. The second kappa shape index (κ2) is 5.14. The zero-order chi connectivity index (χ0) is 13.9. The molecule has 0 aliphatic rings. The summed E-state index contributed by atoms with van der Waals surface area (Å²) >= 11 is 0. The van der Waals surface area contributed by atoms with Gasteiger partial charge in [-0.2, -0.15) is 0 Å². The number of benzene rings is 1. The van der Waals surface area contributed by atoms with E-state index in [0.29, 0.717) is 5.56 Å². The first-order chi connectivity index (χ1) is 8.28. The van der Waals surface area contributed by atoms with Gasteiger partial charge in [0.1, 0.15) is 5.56 Å². The number of hydrogen-bond acceptors (Lipinski definition) is 4. The second-order valence-electron chi connectivity index (χ2n) is 4.72. The summed E-state index contributed by atoms with van der Waals surface area (Å²) in [6, 6.07) is 4.56. The Labute approximate surface area is 105 Å². The molecule has 1 aromatic rings. The van der Waals surface area contributed by atoms with Crippen LogP contribution >= 0.6 is 0 Å². The van der Waals surface area contributed by atoms with Gasteiger partial charge in [0.25, 0.3) is 11.6 Å². The van der Waals surface area contributed by atoms with Crippen molar-refractivity contribution in [1.82, 2.24) is 5.32 Å². The first-order valence-electron chi connectivity index (χ1n) is 5.46. The van der Waals surface area contributed by atoms with Crippen LogP contribution in [-0.4, -0.2) is 28.1 Å². The average molecular weight is 252 g/mol. The minimum absolute atomic E-state index is 0.00141. The predicted molar refractivity (Wildman–Crippen MR) is 66.5 cm³/mol. The molecule has 1 amide bonds. The first kappa shape index (κ1) is 14.1. The molecule has 6 heteroatoms. The molecule has 0 unspecified atom stereocenters. The van der Waals surface area contributed by atoms with Gasteiger partial charge >= 0.3 is 0 Å². The van der Waals surface area contributed by atoms with Crippen LogP contribution in [-0.2, 0) is 0 Å². The number of nitro groups is 1. The Bertz CT molecular complexity index is 483. The Hall–Kier alpha value is -1.95. The predicted octanol–water partition coefficient (Wildman–Crippen LogP) is 1.40. The Balaban J connectivity index is 3.14. The lowest BCUT2D eigenvalue weighted by molar-refractivity contribution is -0.385. The van der Waals surface area contributed by atoms with Crippen molar-refractivity contribution in [2.24, 2.45) is 0 Å². The molecule has 0 saturated heterocycles. The van der Waals surface area contributed by atoms with Crippen molar-refractivity contribution in [3.05, 3.63) is 39.4 Å². The highest BCUT2D eigenvalue weighted by Crippen LogP contribution is 2.23. The normalized spacial score (nSPS) is 11.1. The molecule has 0 aliphatic carbocycles. The number of carbonyl (C=O) groups excluding carboxylic acids is 1. The van der Waals surface area contributed by atoms with E-state index < -0.39 is 16.4 Å². The van der Waals surface area contributed by atoms with Crippen molar-refractivity contribution in [3.8, 4) is 0 Å². The van der Waals surface area contributed by atoms with Crippen molar-refractivity contribution in [3.63, 3.8) is 0 Å². The summed E-state index contributed by atoms with van der Waals surface area (Å²) in [7, 11) is 0. The van der Waals surface area contributed by atoms with Gasteiger partial charge in [-0.1, -0.05) is 12.1 Å². The van der Waals surface area contributed by atoms with Crippen LogP contribution in [0.3, 0.4) is 0 Å². The highest BCUT2D eigenvalue weighted by atomic mass is 16.6. The summed E-state index contributed by atoms with van der Waals surface area (Å²) in [5, 5.41) is 22.6. The molecule has 1 rings (SSSR count). The number of aliphatic hydroxyl groups is 1. The van der Waals surface area contributed by atoms with Crippen molar-refractivity contribution in [2.75, 3.05) is 6.61 Å². The number of nitro benzene ring substituents is 1. The standard InChI is InChI=1S/C12H16N2O4/c1-8-5-4-6-9(10(8)14(17)18)11(16)13-12(2,3)7-15/h4-6,15H,7H2,1-3H3,(H,13,16). The van der Waals surface area contributed by atoms with E-state index in [1.807, 2.05) is 0 Å². The SMILES string of the molecule is Cc1cccc(C(=O)NC(C)(C)CO)c1[N+](=O)[O-]. The molecule has 0 spiro atoms. The maximum absolute atomic E-state index is 12.0. The Morgan fingerprint density at radius 3 is 2.61 bits per heavy atom. The maximum atomic E-state index is 12.0. The molecule has 0 fully saturated rings. The number of para-hydroxylation sites is 1. The molecular weight excluding hydrogens is 236 g/mol. The van der Waals surface area contributed by atoms with Crippen LogP contribution in [0.15, 0.2) is 18.2 Å². The van der Waals surface area contributed by atoms with Gasteiger partial charge < -0.3 is 10.4 Å². The fourth-order valence-corrected chi connectivity index (χ4v) is 1.50. The fourth-order valence-electron chi connectivity index (χ4n) is 1.50. The molecule has 1 aromatic carbocycles. The molecule has 0 aliphatic heterocycles. The van der Waals surface area contributed by atoms with E-state index in [1.54, 1.807) is 32.9 Å². The lowest BCUT2D eigenvalue weighted by atomic mass is 10.0. The molecule has 18 heavy (non-hydrogen) atoms. The minimum atomic E-state index is -0.825. The quantitative estimate of drug-likeness (QED) is 0.625. The van der Waals surface area contributed by atoms with Crippen LogP contribution in [0.1, 0.15) is 29.8 Å². The topological polar surface area (TPSA) is 92.5 Å². The summed E-state index contributed by atoms with van der Waals surface area (Å²) in [5.74, 6) is -0.565. The number of nitrogens with zero attached hydrogens (tertiary/aromatic N) is 1. The second-order valence-corrected chi connectivity index (χ2v) is 4.72. The number of carbonyl (C=O) groups is 1. The summed E-state index contributed by atoms with van der Waals surface area (Å²) in [5.41, 5.74) is -0.603. The molecule has 2 N–H and O–H groups in total. The summed E-state index contributed by atoms with van der Waals surface area (Å²) in [4.78, 5) is 22.4. The van der Waals surface area contributed by atoms with Gasteiger partial charge in [0.15, 0.2) is 0 Å². The van der Waals surface area contributed by atoms with Crippen molar-refractivity contribution < 1.29 is 14.8 Å². The summed E-state index contributed by atoms with van der Waals surface area (Å²) in [6.07, 6.45) is 0. The van der Waals surface area contributed by atoms with Crippen LogP contribution in [0.5, 0.6) is 0 Å². The Kier molecular flexibility index (Phi) is 4.03. The molecule has 0 heterocycles. The van der Waals surface area contributed by atoms with Crippen LogP contribution in [0.4, 0.5) is 5.69 Å². The summed E-state index contributed by atoms with van der Waals surface area (Å²) < 4.78 is 0. The van der Waals surface area contributed by atoms with E-state index in [9.17, 15) is 14.9 Å². The van der Waals surface area contributed by atoms with Crippen LogP contribution < -0.4 is 5.32 Å². The first-order valence-corrected chi connectivity index (χ1v) is 5.46. The van der Waals surface area contributed by atoms with Gasteiger partial charge in [-0.15, -0.1) is 0 Å². The molecule has 0 radical (unpaired) electrons. The van der Waals surface area contributed by atoms with Crippen LogP contribution in [0, 0.1) is 17.0 Å². The third-order valence-corrected chi connectivity index (χ3v) is 2.51. The number of aliphatic hydroxyl groups excluding tert-OH is 1. The van der Waals surface area contributed by atoms with Crippen molar-refractivity contribution in [1.29, 1.82) is 0 Å². The largest absolute Gasteiger partial charge is 0.394 e. The van der Waals surface area contributed by atoms with E-state index in [2.05, 4.69) is 5.32 Å². The van der Waals surface area contributed by atoms with Gasteiger partial charge in [0.2, 0.25) is 0 Å². The van der Waals surface area contributed by atoms with E-state index in [1.165, 1.54) is 6.07 Å².